The zero-order valence-corrected chi connectivity index (χ0v) is 12.9. The van der Waals surface area contributed by atoms with Crippen molar-refractivity contribution in [3.63, 3.8) is 0 Å². The highest BCUT2D eigenvalue weighted by molar-refractivity contribution is 7.99. The number of anilines is 2. The molecule has 0 aromatic carbocycles. The number of aromatic nitrogens is 2. The summed E-state index contributed by atoms with van der Waals surface area (Å²) in [5.74, 6) is 4.20. The van der Waals surface area contributed by atoms with Gasteiger partial charge in [0.15, 0.2) is 0 Å². The summed E-state index contributed by atoms with van der Waals surface area (Å²) >= 11 is 3.80. The van der Waals surface area contributed by atoms with Gasteiger partial charge < -0.3 is 10.2 Å². The van der Waals surface area contributed by atoms with E-state index in [9.17, 15) is 0 Å². The summed E-state index contributed by atoms with van der Waals surface area (Å²) in [4.78, 5) is 14.2. The fraction of sp³-hybridized carbons (Fsp3) is 0.538. The number of hydrogen-bond acceptors (Lipinski definition) is 6. The van der Waals surface area contributed by atoms with Crippen LogP contribution in [0, 0.1) is 0 Å². The van der Waals surface area contributed by atoms with Gasteiger partial charge in [-0.3, -0.25) is 0 Å². The first-order valence-corrected chi connectivity index (χ1v) is 8.60. The number of thioether (sulfide) groups is 1. The van der Waals surface area contributed by atoms with Gasteiger partial charge in [-0.05, 0) is 12.5 Å². The van der Waals surface area contributed by atoms with Gasteiger partial charge in [0.1, 0.15) is 10.6 Å². The molecule has 0 spiro atoms. The maximum atomic E-state index is 4.69. The Labute approximate surface area is 121 Å². The van der Waals surface area contributed by atoms with Crippen molar-refractivity contribution < 1.29 is 0 Å². The SMILES string of the molecule is CCc1cc2c(N3CCSCC3)nc(NC)nc2s1. The van der Waals surface area contributed by atoms with Crippen LogP contribution in [0.3, 0.4) is 0 Å². The molecular weight excluding hydrogens is 276 g/mol. The van der Waals surface area contributed by atoms with Gasteiger partial charge in [-0.1, -0.05) is 6.92 Å². The van der Waals surface area contributed by atoms with Gasteiger partial charge in [0.2, 0.25) is 5.95 Å². The molecule has 1 aliphatic heterocycles. The van der Waals surface area contributed by atoms with Gasteiger partial charge in [-0.25, -0.2) is 4.98 Å². The summed E-state index contributed by atoms with van der Waals surface area (Å²) in [6, 6.07) is 2.26. The van der Waals surface area contributed by atoms with Gasteiger partial charge in [-0.2, -0.15) is 16.7 Å². The molecule has 19 heavy (non-hydrogen) atoms. The van der Waals surface area contributed by atoms with E-state index < -0.39 is 0 Å². The summed E-state index contributed by atoms with van der Waals surface area (Å²) in [5.41, 5.74) is 0. The summed E-state index contributed by atoms with van der Waals surface area (Å²) in [6.07, 6.45) is 1.06. The van der Waals surface area contributed by atoms with Crippen LogP contribution in [0.1, 0.15) is 11.8 Å². The fourth-order valence-electron chi connectivity index (χ4n) is 2.26. The molecule has 0 radical (unpaired) electrons. The van der Waals surface area contributed by atoms with Crippen LogP contribution in [-0.4, -0.2) is 41.6 Å². The average Bonchev–Trinajstić information content (AvgIpc) is 2.90. The molecule has 0 amide bonds. The van der Waals surface area contributed by atoms with Crippen molar-refractivity contribution >= 4 is 45.1 Å². The number of hydrogen-bond donors (Lipinski definition) is 1. The molecule has 1 N–H and O–H groups in total. The Balaban J connectivity index is 2.11. The summed E-state index contributed by atoms with van der Waals surface area (Å²) < 4.78 is 0. The fourth-order valence-corrected chi connectivity index (χ4v) is 4.12. The van der Waals surface area contributed by atoms with Gasteiger partial charge >= 0.3 is 0 Å². The maximum absolute atomic E-state index is 4.69. The van der Waals surface area contributed by atoms with E-state index in [1.54, 1.807) is 11.3 Å². The predicted molar refractivity (Wildman–Crippen MR) is 85.9 cm³/mol. The minimum Gasteiger partial charge on any atom is -0.357 e. The lowest BCUT2D eigenvalue weighted by Gasteiger charge is -2.28. The van der Waals surface area contributed by atoms with E-state index in [-0.39, 0.29) is 0 Å². The third-order valence-electron chi connectivity index (χ3n) is 3.31. The van der Waals surface area contributed by atoms with Crippen LogP contribution in [-0.2, 0) is 6.42 Å². The minimum absolute atomic E-state index is 0.727. The Morgan fingerprint density at radius 1 is 1.32 bits per heavy atom. The third-order valence-corrected chi connectivity index (χ3v) is 5.42. The topological polar surface area (TPSA) is 41.1 Å². The first-order valence-electron chi connectivity index (χ1n) is 6.62. The molecule has 6 heteroatoms. The molecule has 1 saturated heterocycles. The molecule has 4 nitrogen and oxygen atoms in total. The molecule has 0 atom stereocenters. The highest BCUT2D eigenvalue weighted by Gasteiger charge is 2.18. The molecule has 0 saturated carbocycles. The zero-order valence-electron chi connectivity index (χ0n) is 11.3. The molecule has 1 fully saturated rings. The summed E-state index contributed by atoms with van der Waals surface area (Å²) in [6.45, 7) is 4.35. The van der Waals surface area contributed by atoms with Crippen LogP contribution in [0.5, 0.6) is 0 Å². The first kappa shape index (κ1) is 13.0. The van der Waals surface area contributed by atoms with Crippen LogP contribution < -0.4 is 10.2 Å². The van der Waals surface area contributed by atoms with Crippen molar-refractivity contribution in [1.82, 2.24) is 9.97 Å². The second kappa shape index (κ2) is 5.54. The van der Waals surface area contributed by atoms with E-state index in [1.807, 2.05) is 18.8 Å². The molecule has 0 unspecified atom stereocenters. The van der Waals surface area contributed by atoms with Crippen LogP contribution in [0.15, 0.2) is 6.07 Å². The molecule has 2 aromatic heterocycles. The van der Waals surface area contributed by atoms with Gasteiger partial charge in [-0.15, -0.1) is 11.3 Å². The third kappa shape index (κ3) is 2.51. The smallest absolute Gasteiger partial charge is 0.225 e. The lowest BCUT2D eigenvalue weighted by atomic mass is 10.3. The van der Waals surface area contributed by atoms with Crippen molar-refractivity contribution in [2.75, 3.05) is 41.9 Å². The second-order valence-corrected chi connectivity index (χ2v) is 6.85. The largest absolute Gasteiger partial charge is 0.357 e. The van der Waals surface area contributed by atoms with Crippen LogP contribution in [0.25, 0.3) is 10.2 Å². The van der Waals surface area contributed by atoms with E-state index in [0.29, 0.717) is 0 Å². The Morgan fingerprint density at radius 3 is 2.79 bits per heavy atom. The van der Waals surface area contributed by atoms with Gasteiger partial charge in [0.05, 0.1) is 5.39 Å². The Morgan fingerprint density at radius 2 is 2.11 bits per heavy atom. The molecule has 3 rings (SSSR count). The first-order chi connectivity index (χ1) is 9.31. The van der Waals surface area contributed by atoms with E-state index >= 15 is 0 Å². The van der Waals surface area contributed by atoms with E-state index in [1.165, 1.54) is 21.8 Å². The normalized spacial score (nSPS) is 16.0. The lowest BCUT2D eigenvalue weighted by Crippen LogP contribution is -2.33. The lowest BCUT2D eigenvalue weighted by molar-refractivity contribution is 0.843. The van der Waals surface area contributed by atoms with Crippen LogP contribution in [0.2, 0.25) is 0 Å². The molecule has 102 valence electrons. The standard InChI is InChI=1S/C13H18N4S2/c1-3-9-8-10-11(17-4-6-18-7-5-17)15-13(14-2)16-12(10)19-9/h8H,3-7H2,1-2H3,(H,14,15,16). The van der Waals surface area contributed by atoms with E-state index in [0.717, 1.165) is 36.1 Å². The molecule has 2 aromatic rings. The Kier molecular flexibility index (Phi) is 3.79. The predicted octanol–water partition coefficient (Wildman–Crippen LogP) is 2.85. The zero-order chi connectivity index (χ0) is 13.2. The number of nitrogens with zero attached hydrogens (tertiary/aromatic N) is 3. The van der Waals surface area contributed by atoms with E-state index in [4.69, 9.17) is 4.98 Å². The Bertz CT molecular complexity index is 575. The number of aryl methyl sites for hydroxylation is 1. The molecule has 0 bridgehead atoms. The van der Waals surface area contributed by atoms with Crippen molar-refractivity contribution in [3.05, 3.63) is 10.9 Å². The average molecular weight is 294 g/mol. The number of thiophene rings is 1. The van der Waals surface area contributed by atoms with Crippen molar-refractivity contribution in [3.8, 4) is 0 Å². The number of fused-ring (bicyclic) bond motifs is 1. The quantitative estimate of drug-likeness (QED) is 0.942. The second-order valence-electron chi connectivity index (χ2n) is 4.51. The minimum atomic E-state index is 0.727. The van der Waals surface area contributed by atoms with Crippen molar-refractivity contribution in [1.29, 1.82) is 0 Å². The molecule has 3 heterocycles. The highest BCUT2D eigenvalue weighted by atomic mass is 32.2. The highest BCUT2D eigenvalue weighted by Crippen LogP contribution is 2.33. The molecule has 0 aliphatic carbocycles. The maximum Gasteiger partial charge on any atom is 0.225 e. The monoisotopic (exact) mass is 294 g/mol. The van der Waals surface area contributed by atoms with Crippen molar-refractivity contribution in [2.45, 2.75) is 13.3 Å². The van der Waals surface area contributed by atoms with Gasteiger partial charge in [0, 0.05) is 36.5 Å². The van der Waals surface area contributed by atoms with Crippen LogP contribution in [0.4, 0.5) is 11.8 Å². The van der Waals surface area contributed by atoms with E-state index in [2.05, 4.69) is 28.2 Å². The summed E-state index contributed by atoms with van der Waals surface area (Å²) in [5, 5.41) is 4.29. The number of nitrogens with one attached hydrogen (secondary N) is 1. The molecule has 1 aliphatic rings. The summed E-state index contributed by atoms with van der Waals surface area (Å²) in [7, 11) is 1.88. The van der Waals surface area contributed by atoms with Crippen molar-refractivity contribution in [2.24, 2.45) is 0 Å². The van der Waals surface area contributed by atoms with Gasteiger partial charge in [0.25, 0.3) is 0 Å². The molecular formula is C13H18N4S2. The number of rotatable bonds is 3. The Hall–Kier alpha value is -1.01. The van der Waals surface area contributed by atoms with Crippen LogP contribution >= 0.6 is 23.1 Å².